The van der Waals surface area contributed by atoms with E-state index in [1.165, 1.54) is 12.2 Å². The van der Waals surface area contributed by atoms with Crippen LogP contribution in [0.1, 0.15) is 32.3 Å². The van der Waals surface area contributed by atoms with E-state index in [0.29, 0.717) is 32.7 Å². The summed E-state index contributed by atoms with van der Waals surface area (Å²) in [4.78, 5) is 22.8. The molecule has 0 bridgehead atoms. The number of benzene rings is 1. The lowest BCUT2D eigenvalue weighted by Gasteiger charge is -2.15. The third-order valence-corrected chi connectivity index (χ3v) is 3.52. The Hall–Kier alpha value is -2.60. The molecule has 6 nitrogen and oxygen atoms in total. The Morgan fingerprint density at radius 2 is 1.44 bits per heavy atom. The Morgan fingerprint density at radius 3 is 1.89 bits per heavy atom. The van der Waals surface area contributed by atoms with Crippen LogP contribution in [0.25, 0.3) is 0 Å². The van der Waals surface area contributed by atoms with Crippen molar-refractivity contribution >= 4 is 11.9 Å². The van der Waals surface area contributed by atoms with Crippen LogP contribution in [0.2, 0.25) is 0 Å². The van der Waals surface area contributed by atoms with E-state index in [2.05, 4.69) is 0 Å². The fourth-order valence-corrected chi connectivity index (χ4v) is 2.18. The second kappa shape index (κ2) is 13.6. The predicted molar refractivity (Wildman–Crippen MR) is 102 cm³/mol. The van der Waals surface area contributed by atoms with Crippen molar-refractivity contribution in [3.05, 3.63) is 54.1 Å². The van der Waals surface area contributed by atoms with Crippen molar-refractivity contribution in [1.82, 2.24) is 0 Å². The lowest BCUT2D eigenvalue weighted by molar-refractivity contribution is -0.138. The van der Waals surface area contributed by atoms with Crippen LogP contribution >= 0.6 is 0 Å². The number of methoxy groups -OCH3 is 1. The van der Waals surface area contributed by atoms with Gasteiger partial charge in [-0.3, -0.25) is 0 Å². The third kappa shape index (κ3) is 10.2. The Bertz CT molecular complexity index is 588. The van der Waals surface area contributed by atoms with Crippen LogP contribution in [-0.4, -0.2) is 38.4 Å². The average molecular weight is 376 g/mol. The fourth-order valence-electron chi connectivity index (χ4n) is 2.18. The molecule has 27 heavy (non-hydrogen) atoms. The van der Waals surface area contributed by atoms with Gasteiger partial charge in [-0.2, -0.15) is 0 Å². The zero-order chi connectivity index (χ0) is 19.9. The van der Waals surface area contributed by atoms with E-state index in [-0.39, 0.29) is 18.0 Å². The molecule has 0 atom stereocenters. The van der Waals surface area contributed by atoms with Crippen LogP contribution in [0, 0.1) is 0 Å². The highest BCUT2D eigenvalue weighted by molar-refractivity contribution is 5.82. The van der Waals surface area contributed by atoms with Crippen molar-refractivity contribution in [2.24, 2.45) is 0 Å². The molecule has 0 radical (unpaired) electrons. The fraction of sp³-hybridized carbons (Fsp3) is 0.429. The third-order valence-electron chi connectivity index (χ3n) is 3.52. The number of esters is 2. The maximum atomic E-state index is 11.4. The van der Waals surface area contributed by atoms with Crippen molar-refractivity contribution in [2.45, 2.75) is 39.4 Å². The molecule has 0 saturated heterocycles. The van der Waals surface area contributed by atoms with Crippen molar-refractivity contribution in [3.8, 4) is 5.75 Å². The normalized spacial score (nSPS) is 11.3. The van der Waals surface area contributed by atoms with Gasteiger partial charge in [0.2, 0.25) is 0 Å². The van der Waals surface area contributed by atoms with Crippen LogP contribution in [0.15, 0.2) is 48.6 Å². The molecule has 0 heterocycles. The summed E-state index contributed by atoms with van der Waals surface area (Å²) in [6.45, 7) is 4.60. The van der Waals surface area contributed by atoms with Gasteiger partial charge in [0.25, 0.3) is 0 Å². The topological polar surface area (TPSA) is 71.1 Å². The molecule has 6 heteroatoms. The van der Waals surface area contributed by atoms with Gasteiger partial charge in [-0.15, -0.1) is 0 Å². The van der Waals surface area contributed by atoms with E-state index >= 15 is 0 Å². The van der Waals surface area contributed by atoms with Gasteiger partial charge in [0.05, 0.1) is 33.0 Å². The summed E-state index contributed by atoms with van der Waals surface area (Å²) in [5.41, 5.74) is 1.00. The first-order valence-electron chi connectivity index (χ1n) is 9.00. The summed E-state index contributed by atoms with van der Waals surface area (Å²) >= 11 is 0. The number of hydrogen-bond acceptors (Lipinski definition) is 6. The maximum absolute atomic E-state index is 11.4. The van der Waals surface area contributed by atoms with Crippen LogP contribution in [0.4, 0.5) is 0 Å². The Labute approximate surface area is 160 Å². The molecule has 1 aromatic carbocycles. The highest BCUT2D eigenvalue weighted by atomic mass is 16.5. The Kier molecular flexibility index (Phi) is 11.3. The number of hydrogen-bond donors (Lipinski definition) is 0. The largest absolute Gasteiger partial charge is 0.497 e. The number of carbonyl (C=O) groups excluding carboxylic acids is 2. The average Bonchev–Trinajstić information content (AvgIpc) is 2.66. The summed E-state index contributed by atoms with van der Waals surface area (Å²) in [6, 6.07) is 7.60. The molecule has 0 aliphatic heterocycles. The lowest BCUT2D eigenvalue weighted by atomic mass is 10.1. The van der Waals surface area contributed by atoms with Crippen molar-refractivity contribution in [1.29, 1.82) is 0 Å². The SMILES string of the molecule is CCOC(=O)/C=C/CC(C/C=C/C(=O)OCC)OCc1ccc(OC)cc1. The van der Waals surface area contributed by atoms with Crippen LogP contribution in [0.5, 0.6) is 5.75 Å². The molecule has 1 aromatic rings. The van der Waals surface area contributed by atoms with Gasteiger partial charge in [-0.25, -0.2) is 9.59 Å². The minimum absolute atomic E-state index is 0.191. The summed E-state index contributed by atoms with van der Waals surface area (Å²) in [5.74, 6) is 0.0204. The number of carbonyl (C=O) groups is 2. The van der Waals surface area contributed by atoms with Crippen LogP contribution in [-0.2, 0) is 30.4 Å². The van der Waals surface area contributed by atoms with Crippen molar-refractivity contribution < 1.29 is 28.5 Å². The van der Waals surface area contributed by atoms with Gasteiger partial charge < -0.3 is 18.9 Å². The van der Waals surface area contributed by atoms with E-state index in [4.69, 9.17) is 18.9 Å². The van der Waals surface area contributed by atoms with Gasteiger partial charge in [-0.1, -0.05) is 24.3 Å². The van der Waals surface area contributed by atoms with E-state index in [9.17, 15) is 9.59 Å². The molecule has 148 valence electrons. The quantitative estimate of drug-likeness (QED) is 0.410. The first kappa shape index (κ1) is 22.4. The molecule has 0 amide bonds. The molecule has 0 saturated carbocycles. The number of rotatable bonds is 12. The van der Waals surface area contributed by atoms with Crippen LogP contribution in [0.3, 0.4) is 0 Å². The maximum Gasteiger partial charge on any atom is 0.330 e. The predicted octanol–water partition coefficient (Wildman–Crippen LogP) is 3.60. The van der Waals surface area contributed by atoms with E-state index in [1.54, 1.807) is 33.1 Å². The first-order chi connectivity index (χ1) is 13.1. The van der Waals surface area contributed by atoms with Crippen LogP contribution < -0.4 is 4.74 Å². The minimum atomic E-state index is -0.381. The minimum Gasteiger partial charge on any atom is -0.497 e. The Balaban J connectivity index is 2.61. The molecular weight excluding hydrogens is 348 g/mol. The van der Waals surface area contributed by atoms with E-state index < -0.39 is 0 Å². The van der Waals surface area contributed by atoms with Gasteiger partial charge in [0.1, 0.15) is 5.75 Å². The molecule has 0 spiro atoms. The highest BCUT2D eigenvalue weighted by Crippen LogP contribution is 2.15. The molecule has 0 unspecified atom stereocenters. The van der Waals surface area contributed by atoms with Gasteiger partial charge >= 0.3 is 11.9 Å². The zero-order valence-corrected chi connectivity index (χ0v) is 16.2. The summed E-state index contributed by atoms with van der Waals surface area (Å²) in [6.07, 6.45) is 7.06. The summed E-state index contributed by atoms with van der Waals surface area (Å²) in [5, 5.41) is 0. The summed E-state index contributed by atoms with van der Waals surface area (Å²) < 4.78 is 20.8. The van der Waals surface area contributed by atoms with Gasteiger partial charge in [0, 0.05) is 12.2 Å². The highest BCUT2D eigenvalue weighted by Gasteiger charge is 2.08. The molecule has 0 fully saturated rings. The molecule has 0 aromatic heterocycles. The number of ether oxygens (including phenoxy) is 4. The van der Waals surface area contributed by atoms with Gasteiger partial charge in [0.15, 0.2) is 0 Å². The van der Waals surface area contributed by atoms with E-state index in [0.717, 1.165) is 11.3 Å². The Morgan fingerprint density at radius 1 is 0.926 bits per heavy atom. The lowest BCUT2D eigenvalue weighted by Crippen LogP contribution is -2.12. The second-order valence-corrected chi connectivity index (χ2v) is 5.56. The van der Waals surface area contributed by atoms with Gasteiger partial charge in [-0.05, 0) is 44.4 Å². The smallest absolute Gasteiger partial charge is 0.330 e. The standard InChI is InChI=1S/C21H28O6/c1-4-25-20(22)10-6-8-19(9-7-11-21(23)26-5-2)27-16-17-12-14-18(24-3)15-13-17/h6-7,10-15,19H,4-5,8-9,16H2,1-3H3/b10-6+,11-7+. The molecule has 0 aliphatic rings. The molecule has 0 N–H and O–H groups in total. The monoisotopic (exact) mass is 376 g/mol. The molecule has 1 rings (SSSR count). The van der Waals surface area contributed by atoms with Crippen molar-refractivity contribution in [3.63, 3.8) is 0 Å². The zero-order valence-electron chi connectivity index (χ0n) is 16.2. The molecular formula is C21H28O6. The van der Waals surface area contributed by atoms with E-state index in [1.807, 2.05) is 24.3 Å². The van der Waals surface area contributed by atoms with Crippen molar-refractivity contribution in [2.75, 3.05) is 20.3 Å². The second-order valence-electron chi connectivity index (χ2n) is 5.56. The first-order valence-corrected chi connectivity index (χ1v) is 9.00. The molecule has 0 aliphatic carbocycles. The summed E-state index contributed by atoms with van der Waals surface area (Å²) in [7, 11) is 1.62.